The number of hydrogen-bond acceptors (Lipinski definition) is 3. The fraction of sp³-hybridized carbons (Fsp3) is 0.458. The zero-order valence-electron chi connectivity index (χ0n) is 16.7. The molecule has 3 rings (SSSR count). The number of amides is 1. The number of aliphatic hydroxyl groups is 1. The van der Waals surface area contributed by atoms with Crippen LogP contribution in [0.15, 0.2) is 54.6 Å². The first-order valence-electron chi connectivity index (χ1n) is 10.5. The molecule has 2 aromatic rings. The van der Waals surface area contributed by atoms with E-state index >= 15 is 0 Å². The van der Waals surface area contributed by atoms with E-state index in [4.69, 9.17) is 0 Å². The molecule has 2 aromatic carbocycles. The number of benzene rings is 2. The van der Waals surface area contributed by atoms with Crippen LogP contribution in [0, 0.1) is 5.92 Å². The van der Waals surface area contributed by atoms with Gasteiger partial charge in [-0.15, -0.1) is 0 Å². The Bertz CT molecular complexity index is 741. The molecule has 150 valence electrons. The van der Waals surface area contributed by atoms with E-state index in [1.807, 2.05) is 55.6 Å². The van der Waals surface area contributed by atoms with Gasteiger partial charge in [-0.25, -0.2) is 0 Å². The predicted octanol–water partition coefficient (Wildman–Crippen LogP) is 4.06. The topological polar surface area (TPSA) is 61.4 Å². The lowest BCUT2D eigenvalue weighted by atomic mass is 9.84. The first kappa shape index (κ1) is 20.6. The van der Waals surface area contributed by atoms with Crippen LogP contribution in [0.5, 0.6) is 0 Å². The van der Waals surface area contributed by atoms with Gasteiger partial charge in [-0.2, -0.15) is 0 Å². The molecule has 0 aromatic heterocycles. The molecule has 1 fully saturated rings. The molecule has 0 saturated heterocycles. The molecule has 0 heterocycles. The van der Waals surface area contributed by atoms with E-state index in [1.165, 1.54) is 32.1 Å². The maximum atomic E-state index is 12.9. The van der Waals surface area contributed by atoms with Crippen molar-refractivity contribution < 1.29 is 9.90 Å². The molecule has 0 spiro atoms. The van der Waals surface area contributed by atoms with Gasteiger partial charge in [0.2, 0.25) is 0 Å². The van der Waals surface area contributed by atoms with Crippen molar-refractivity contribution in [3.8, 4) is 0 Å². The molecule has 1 saturated carbocycles. The lowest BCUT2D eigenvalue weighted by Crippen LogP contribution is -2.42. The van der Waals surface area contributed by atoms with E-state index in [2.05, 4.69) is 10.6 Å². The summed E-state index contributed by atoms with van der Waals surface area (Å²) >= 11 is 0. The molecular formula is C24H32N2O2. The molecule has 0 radical (unpaired) electrons. The van der Waals surface area contributed by atoms with Gasteiger partial charge in [-0.1, -0.05) is 74.6 Å². The maximum absolute atomic E-state index is 12.9. The van der Waals surface area contributed by atoms with Crippen LogP contribution in [0.1, 0.15) is 66.1 Å². The number of rotatable bonds is 8. The molecule has 0 aliphatic heterocycles. The van der Waals surface area contributed by atoms with E-state index in [0.717, 1.165) is 24.1 Å². The maximum Gasteiger partial charge on any atom is 0.251 e. The van der Waals surface area contributed by atoms with Crippen molar-refractivity contribution in [3.05, 3.63) is 71.3 Å². The fourth-order valence-corrected chi connectivity index (χ4v) is 4.21. The van der Waals surface area contributed by atoms with Crippen molar-refractivity contribution in [1.82, 2.24) is 10.6 Å². The van der Waals surface area contributed by atoms with Crippen LogP contribution < -0.4 is 10.6 Å². The molecule has 1 amide bonds. The van der Waals surface area contributed by atoms with Gasteiger partial charge < -0.3 is 15.7 Å². The summed E-state index contributed by atoms with van der Waals surface area (Å²) in [4.78, 5) is 12.9. The highest BCUT2D eigenvalue weighted by molar-refractivity contribution is 5.94. The van der Waals surface area contributed by atoms with Gasteiger partial charge >= 0.3 is 0 Å². The van der Waals surface area contributed by atoms with E-state index in [1.54, 1.807) is 6.07 Å². The van der Waals surface area contributed by atoms with Gasteiger partial charge in [-0.3, -0.25) is 4.79 Å². The Morgan fingerprint density at radius 3 is 2.46 bits per heavy atom. The van der Waals surface area contributed by atoms with Crippen LogP contribution in [-0.4, -0.2) is 30.6 Å². The zero-order chi connectivity index (χ0) is 19.8. The standard InChI is InChI=1S/C24H32N2O2/c1-25-17-22(15-18-9-4-2-5-10-18)26-24(28)21-14-8-13-20(16-21)23(27)19-11-6-3-7-12-19/h3,6-8,11-14,16,18,22-23,25,27H,2,4-5,9-10,15,17H2,1H3,(H,26,28)/t22?,23-/m0/s1. The quantitative estimate of drug-likeness (QED) is 0.647. The summed E-state index contributed by atoms with van der Waals surface area (Å²) in [6.45, 7) is 0.772. The Balaban J connectivity index is 1.67. The third kappa shape index (κ3) is 5.66. The monoisotopic (exact) mass is 380 g/mol. The molecule has 2 atom stereocenters. The summed E-state index contributed by atoms with van der Waals surface area (Å²) in [5, 5.41) is 17.1. The smallest absolute Gasteiger partial charge is 0.251 e. The number of carbonyl (C=O) groups is 1. The number of aliphatic hydroxyl groups excluding tert-OH is 1. The number of likely N-dealkylation sites (N-methyl/N-ethyl adjacent to an activating group) is 1. The normalized spacial score (nSPS) is 17.1. The van der Waals surface area contributed by atoms with E-state index in [9.17, 15) is 9.90 Å². The van der Waals surface area contributed by atoms with Crippen molar-refractivity contribution in [1.29, 1.82) is 0 Å². The van der Waals surface area contributed by atoms with E-state index < -0.39 is 6.10 Å². The molecule has 4 heteroatoms. The third-order valence-corrected chi connectivity index (χ3v) is 5.71. The lowest BCUT2D eigenvalue weighted by molar-refractivity contribution is 0.0928. The van der Waals surface area contributed by atoms with Gasteiger partial charge in [-0.05, 0) is 42.6 Å². The number of hydrogen-bond donors (Lipinski definition) is 3. The second kappa shape index (κ2) is 10.4. The highest BCUT2D eigenvalue weighted by Gasteiger charge is 2.21. The van der Waals surface area contributed by atoms with Crippen molar-refractivity contribution >= 4 is 5.91 Å². The van der Waals surface area contributed by atoms with Gasteiger partial charge in [0.1, 0.15) is 6.10 Å². The summed E-state index contributed by atoms with van der Waals surface area (Å²) in [6.07, 6.45) is 6.80. The van der Waals surface area contributed by atoms with Crippen molar-refractivity contribution in [2.45, 2.75) is 50.7 Å². The second-order valence-electron chi connectivity index (χ2n) is 7.91. The van der Waals surface area contributed by atoms with Crippen LogP contribution in [0.3, 0.4) is 0 Å². The number of carbonyl (C=O) groups excluding carboxylic acids is 1. The van der Waals surface area contributed by atoms with Crippen LogP contribution >= 0.6 is 0 Å². The highest BCUT2D eigenvalue weighted by Crippen LogP contribution is 2.27. The molecule has 3 N–H and O–H groups in total. The molecule has 4 nitrogen and oxygen atoms in total. The minimum Gasteiger partial charge on any atom is -0.384 e. The Kier molecular flexibility index (Phi) is 7.63. The summed E-state index contributed by atoms with van der Waals surface area (Å²) in [5.41, 5.74) is 2.15. The van der Waals surface area contributed by atoms with Crippen LogP contribution in [0.25, 0.3) is 0 Å². The summed E-state index contributed by atoms with van der Waals surface area (Å²) < 4.78 is 0. The molecule has 0 bridgehead atoms. The number of nitrogens with one attached hydrogen (secondary N) is 2. The predicted molar refractivity (Wildman–Crippen MR) is 113 cm³/mol. The minimum atomic E-state index is -0.732. The van der Waals surface area contributed by atoms with Gasteiger partial charge in [0.15, 0.2) is 0 Å². The molecule has 1 unspecified atom stereocenters. The van der Waals surface area contributed by atoms with E-state index in [-0.39, 0.29) is 11.9 Å². The highest BCUT2D eigenvalue weighted by atomic mass is 16.3. The molecule has 28 heavy (non-hydrogen) atoms. The summed E-state index contributed by atoms with van der Waals surface area (Å²) in [7, 11) is 1.93. The van der Waals surface area contributed by atoms with E-state index in [0.29, 0.717) is 11.5 Å². The van der Waals surface area contributed by atoms with Gasteiger partial charge in [0.25, 0.3) is 5.91 Å². The zero-order valence-corrected chi connectivity index (χ0v) is 16.7. The lowest BCUT2D eigenvalue weighted by Gasteiger charge is -2.27. The SMILES string of the molecule is CNCC(CC1CCCCC1)NC(=O)c1cccc([C@@H](O)c2ccccc2)c1. The summed E-state index contributed by atoms with van der Waals surface area (Å²) in [6, 6.07) is 17.0. The summed E-state index contributed by atoms with van der Waals surface area (Å²) in [5.74, 6) is 0.636. The first-order valence-corrected chi connectivity index (χ1v) is 10.5. The van der Waals surface area contributed by atoms with Gasteiger partial charge in [0, 0.05) is 18.2 Å². The van der Waals surface area contributed by atoms with Crippen LogP contribution in [-0.2, 0) is 0 Å². The van der Waals surface area contributed by atoms with Crippen LogP contribution in [0.2, 0.25) is 0 Å². The minimum absolute atomic E-state index is 0.0711. The van der Waals surface area contributed by atoms with Crippen molar-refractivity contribution in [3.63, 3.8) is 0 Å². The molecule has 1 aliphatic rings. The van der Waals surface area contributed by atoms with Crippen molar-refractivity contribution in [2.24, 2.45) is 5.92 Å². The second-order valence-corrected chi connectivity index (χ2v) is 7.91. The fourth-order valence-electron chi connectivity index (χ4n) is 4.21. The molecule has 1 aliphatic carbocycles. The third-order valence-electron chi connectivity index (χ3n) is 5.71. The Morgan fingerprint density at radius 1 is 1.04 bits per heavy atom. The van der Waals surface area contributed by atoms with Crippen LogP contribution in [0.4, 0.5) is 0 Å². The first-order chi connectivity index (χ1) is 13.7. The Labute approximate surface area is 168 Å². The van der Waals surface area contributed by atoms with Crippen molar-refractivity contribution in [2.75, 3.05) is 13.6 Å². The van der Waals surface area contributed by atoms with Gasteiger partial charge in [0.05, 0.1) is 0 Å². The Morgan fingerprint density at radius 2 is 1.75 bits per heavy atom. The molecular weight excluding hydrogens is 348 g/mol. The average molecular weight is 381 g/mol. The largest absolute Gasteiger partial charge is 0.384 e. The average Bonchev–Trinajstić information content (AvgIpc) is 2.75. The Hall–Kier alpha value is -2.17.